The van der Waals surface area contributed by atoms with Crippen molar-refractivity contribution >= 4 is 0 Å². The molecule has 0 aromatic carbocycles. The van der Waals surface area contributed by atoms with Crippen LogP contribution < -0.4 is 0 Å². The van der Waals surface area contributed by atoms with Crippen LogP contribution in [0.1, 0.15) is 32.2 Å². The van der Waals surface area contributed by atoms with Crippen molar-refractivity contribution in [2.75, 3.05) is 6.61 Å². The van der Waals surface area contributed by atoms with E-state index in [9.17, 15) is 5.11 Å². The van der Waals surface area contributed by atoms with Crippen molar-refractivity contribution in [3.05, 3.63) is 24.3 Å². The summed E-state index contributed by atoms with van der Waals surface area (Å²) in [6, 6.07) is 1.52. The van der Waals surface area contributed by atoms with E-state index in [0.29, 0.717) is 23.9 Å². The minimum absolute atomic E-state index is 0.0594. The molecule has 1 N–H and O–H groups in total. The maximum atomic E-state index is 9.34. The van der Waals surface area contributed by atoms with Gasteiger partial charge in [-0.3, -0.25) is 4.98 Å². The van der Waals surface area contributed by atoms with Crippen LogP contribution in [0.3, 0.4) is 0 Å². The molecule has 0 aliphatic rings. The molecule has 0 spiro atoms. The average Bonchev–Trinajstić information content (AvgIpc) is 2.85. The average molecular weight is 249 g/mol. The van der Waals surface area contributed by atoms with Gasteiger partial charge < -0.3 is 14.4 Å². The van der Waals surface area contributed by atoms with Gasteiger partial charge in [0.1, 0.15) is 11.9 Å². The van der Waals surface area contributed by atoms with E-state index < -0.39 is 0 Å². The Bertz CT molecular complexity index is 513. The molecule has 6 nitrogen and oxygen atoms in total. The molecule has 2 heterocycles. The third-order valence-electron chi connectivity index (χ3n) is 2.44. The number of hydrogen-bond acceptors (Lipinski definition) is 6. The largest absolute Gasteiger partial charge is 0.506 e. The van der Waals surface area contributed by atoms with Gasteiger partial charge in [0.05, 0.1) is 11.8 Å². The van der Waals surface area contributed by atoms with E-state index in [-0.39, 0.29) is 11.9 Å². The van der Waals surface area contributed by atoms with Crippen LogP contribution in [0.2, 0.25) is 0 Å². The van der Waals surface area contributed by atoms with Gasteiger partial charge >= 0.3 is 0 Å². The fourth-order valence-corrected chi connectivity index (χ4v) is 1.60. The van der Waals surface area contributed by atoms with E-state index in [2.05, 4.69) is 15.1 Å². The Morgan fingerprint density at radius 1 is 1.39 bits per heavy atom. The first-order chi connectivity index (χ1) is 8.74. The number of ether oxygens (including phenoxy) is 1. The number of pyridine rings is 1. The van der Waals surface area contributed by atoms with E-state index >= 15 is 0 Å². The molecule has 18 heavy (non-hydrogen) atoms. The van der Waals surface area contributed by atoms with Gasteiger partial charge in [0, 0.05) is 12.8 Å². The van der Waals surface area contributed by atoms with Crippen LogP contribution in [-0.2, 0) is 4.74 Å². The second-order valence-corrected chi connectivity index (χ2v) is 3.74. The Kier molecular flexibility index (Phi) is 3.88. The molecule has 1 atom stereocenters. The number of nitrogens with zero attached hydrogens (tertiary/aromatic N) is 3. The summed E-state index contributed by atoms with van der Waals surface area (Å²) in [6.07, 6.45) is 3.50. The molecule has 96 valence electrons. The fraction of sp³-hybridized carbons (Fsp3) is 0.417. The molecule has 0 fully saturated rings. The smallest absolute Gasteiger partial charge is 0.259 e. The standard InChI is InChI=1S/C12H15N3O3/c1-3-10(17-4-2)11-14-12(18-15-11)8-5-9(16)7-13-6-8/h5-7,10,16H,3-4H2,1-2H3. The molecule has 0 amide bonds. The molecule has 0 saturated heterocycles. The summed E-state index contributed by atoms with van der Waals surface area (Å²) >= 11 is 0. The fourth-order valence-electron chi connectivity index (χ4n) is 1.60. The molecular weight excluding hydrogens is 234 g/mol. The lowest BCUT2D eigenvalue weighted by atomic mass is 10.2. The van der Waals surface area contributed by atoms with Gasteiger partial charge in [-0.25, -0.2) is 0 Å². The molecule has 0 saturated carbocycles. The molecule has 0 aliphatic heterocycles. The van der Waals surface area contributed by atoms with Gasteiger partial charge in [0.25, 0.3) is 5.89 Å². The van der Waals surface area contributed by atoms with Gasteiger partial charge in [0.15, 0.2) is 0 Å². The van der Waals surface area contributed by atoms with Gasteiger partial charge in [-0.15, -0.1) is 0 Å². The first-order valence-electron chi connectivity index (χ1n) is 5.84. The van der Waals surface area contributed by atoms with E-state index in [0.717, 1.165) is 6.42 Å². The van der Waals surface area contributed by atoms with Crippen molar-refractivity contribution < 1.29 is 14.4 Å². The Morgan fingerprint density at radius 3 is 2.89 bits per heavy atom. The number of hydrogen-bond donors (Lipinski definition) is 1. The predicted molar refractivity (Wildman–Crippen MR) is 63.9 cm³/mol. The molecule has 1 unspecified atom stereocenters. The number of aromatic hydroxyl groups is 1. The zero-order valence-corrected chi connectivity index (χ0v) is 10.3. The van der Waals surface area contributed by atoms with Crippen LogP contribution in [0.5, 0.6) is 5.75 Å². The molecule has 2 aromatic rings. The van der Waals surface area contributed by atoms with Crippen molar-refractivity contribution in [1.29, 1.82) is 0 Å². The van der Waals surface area contributed by atoms with E-state index in [4.69, 9.17) is 9.26 Å². The Labute approximate surface area is 105 Å². The third-order valence-corrected chi connectivity index (χ3v) is 2.44. The molecule has 0 bridgehead atoms. The minimum atomic E-state index is -0.169. The highest BCUT2D eigenvalue weighted by atomic mass is 16.5. The van der Waals surface area contributed by atoms with Gasteiger partial charge in [0.2, 0.25) is 5.82 Å². The lowest BCUT2D eigenvalue weighted by Gasteiger charge is -2.09. The quantitative estimate of drug-likeness (QED) is 0.875. The summed E-state index contributed by atoms with van der Waals surface area (Å²) in [4.78, 5) is 8.12. The maximum Gasteiger partial charge on any atom is 0.259 e. The number of aromatic nitrogens is 3. The zero-order valence-electron chi connectivity index (χ0n) is 10.3. The highest BCUT2D eigenvalue weighted by Gasteiger charge is 2.17. The van der Waals surface area contributed by atoms with E-state index in [1.54, 1.807) is 6.20 Å². The third kappa shape index (κ3) is 2.65. The zero-order chi connectivity index (χ0) is 13.0. The van der Waals surface area contributed by atoms with Gasteiger partial charge in [-0.05, 0) is 19.4 Å². The van der Waals surface area contributed by atoms with Crippen LogP contribution in [-0.4, -0.2) is 26.8 Å². The van der Waals surface area contributed by atoms with Crippen molar-refractivity contribution in [1.82, 2.24) is 15.1 Å². The van der Waals surface area contributed by atoms with Crippen molar-refractivity contribution in [2.24, 2.45) is 0 Å². The molecule has 0 radical (unpaired) electrons. The van der Waals surface area contributed by atoms with Crippen LogP contribution in [0.15, 0.2) is 23.0 Å². The maximum absolute atomic E-state index is 9.34. The summed E-state index contributed by atoms with van der Waals surface area (Å²) in [6.45, 7) is 4.51. The molecule has 2 aromatic heterocycles. The van der Waals surface area contributed by atoms with Gasteiger partial charge in [-0.1, -0.05) is 12.1 Å². The highest BCUT2D eigenvalue weighted by molar-refractivity contribution is 5.53. The summed E-state index contributed by atoms with van der Waals surface area (Å²) in [5.41, 5.74) is 0.583. The first kappa shape index (κ1) is 12.5. The van der Waals surface area contributed by atoms with Crippen molar-refractivity contribution in [2.45, 2.75) is 26.4 Å². The minimum Gasteiger partial charge on any atom is -0.506 e. The van der Waals surface area contributed by atoms with Crippen LogP contribution in [0, 0.1) is 0 Å². The Hall–Kier alpha value is -1.95. The topological polar surface area (TPSA) is 81.3 Å². The van der Waals surface area contributed by atoms with Crippen LogP contribution >= 0.6 is 0 Å². The lowest BCUT2D eigenvalue weighted by molar-refractivity contribution is 0.0518. The summed E-state index contributed by atoms with van der Waals surface area (Å²) in [5, 5.41) is 13.2. The second-order valence-electron chi connectivity index (χ2n) is 3.74. The normalized spacial score (nSPS) is 12.6. The van der Waals surface area contributed by atoms with Crippen LogP contribution in [0.25, 0.3) is 11.5 Å². The van der Waals surface area contributed by atoms with Crippen molar-refractivity contribution in [3.63, 3.8) is 0 Å². The summed E-state index contributed by atoms with van der Waals surface area (Å²) in [5.74, 6) is 0.897. The molecular formula is C12H15N3O3. The molecule has 2 rings (SSSR count). The monoisotopic (exact) mass is 249 g/mol. The first-order valence-corrected chi connectivity index (χ1v) is 5.84. The Morgan fingerprint density at radius 2 is 2.22 bits per heavy atom. The second kappa shape index (κ2) is 5.59. The van der Waals surface area contributed by atoms with E-state index in [1.165, 1.54) is 12.3 Å². The Balaban J connectivity index is 2.24. The van der Waals surface area contributed by atoms with Gasteiger partial charge in [-0.2, -0.15) is 4.98 Å². The molecule has 6 heteroatoms. The summed E-state index contributed by atoms with van der Waals surface area (Å²) in [7, 11) is 0. The highest BCUT2D eigenvalue weighted by Crippen LogP contribution is 2.24. The van der Waals surface area contributed by atoms with E-state index in [1.807, 2.05) is 13.8 Å². The summed E-state index contributed by atoms with van der Waals surface area (Å²) < 4.78 is 10.6. The lowest BCUT2D eigenvalue weighted by Crippen LogP contribution is -2.04. The van der Waals surface area contributed by atoms with Crippen LogP contribution in [0.4, 0.5) is 0 Å². The predicted octanol–water partition coefficient (Wildman–Crippen LogP) is 2.32. The SMILES string of the molecule is CCOC(CC)c1noc(-c2cncc(O)c2)n1. The molecule has 0 aliphatic carbocycles. The number of rotatable bonds is 5. The van der Waals surface area contributed by atoms with Crippen molar-refractivity contribution in [3.8, 4) is 17.2 Å².